The fraction of sp³-hybridized carbons (Fsp3) is 0.100. The summed E-state index contributed by atoms with van der Waals surface area (Å²) < 4.78 is 5.24. The second-order valence-electron chi connectivity index (χ2n) is 8.99. The minimum Gasteiger partial charge on any atom is -0.482 e. The van der Waals surface area contributed by atoms with Gasteiger partial charge in [-0.15, -0.1) is 0 Å². The second-order valence-corrected chi connectivity index (χ2v) is 8.99. The second kappa shape index (κ2) is 12.5. The van der Waals surface area contributed by atoms with Gasteiger partial charge in [-0.3, -0.25) is 4.79 Å². The van der Waals surface area contributed by atoms with Crippen LogP contribution in [0.25, 0.3) is 40.0 Å². The van der Waals surface area contributed by atoms with Crippen LogP contribution in [0.15, 0.2) is 78.9 Å². The highest BCUT2D eigenvalue weighted by Gasteiger charge is 2.18. The van der Waals surface area contributed by atoms with Gasteiger partial charge in [-0.2, -0.15) is 0 Å². The number of nitrogens with two attached hydrogens (primary N) is 1. The number of rotatable bonds is 12. The van der Waals surface area contributed by atoms with Crippen LogP contribution in [0.2, 0.25) is 0 Å². The molecule has 0 aliphatic heterocycles. The van der Waals surface area contributed by atoms with E-state index in [4.69, 9.17) is 31.1 Å². The van der Waals surface area contributed by atoms with Crippen molar-refractivity contribution in [3.63, 3.8) is 0 Å². The number of amides is 1. The minimum atomic E-state index is -1.66. The number of ether oxygens (including phenoxy) is 1. The van der Waals surface area contributed by atoms with Crippen LogP contribution in [0, 0.1) is 5.41 Å². The average Bonchev–Trinajstić information content (AvgIpc) is 3.41. The number of H-pyrrole nitrogens is 1. The summed E-state index contributed by atoms with van der Waals surface area (Å²) in [5, 5.41) is 35.4. The lowest BCUT2D eigenvalue weighted by molar-refractivity contribution is -0.146. The summed E-state index contributed by atoms with van der Waals surface area (Å²) in [5.41, 5.74) is 9.99. The fourth-order valence-corrected chi connectivity index (χ4v) is 3.95. The van der Waals surface area contributed by atoms with Crippen LogP contribution < -0.4 is 10.5 Å². The lowest BCUT2D eigenvalue weighted by Crippen LogP contribution is -2.23. The average molecular weight is 555 g/mol. The van der Waals surface area contributed by atoms with Crippen molar-refractivity contribution in [1.29, 1.82) is 5.41 Å². The molecule has 0 spiro atoms. The van der Waals surface area contributed by atoms with E-state index in [1.165, 1.54) is 6.08 Å². The molecule has 1 unspecified atom stereocenters. The summed E-state index contributed by atoms with van der Waals surface area (Å²) in [6.45, 7) is -0.462. The molecule has 1 heterocycles. The molecule has 0 bridgehead atoms. The van der Waals surface area contributed by atoms with Crippen LogP contribution in [0.3, 0.4) is 0 Å². The molecule has 1 amide bonds. The van der Waals surface area contributed by atoms with Gasteiger partial charge in [-0.05, 0) is 41.5 Å². The summed E-state index contributed by atoms with van der Waals surface area (Å²) in [5.74, 6) is -2.10. The number of nitrogens with zero attached hydrogens (tertiary/aromatic N) is 1. The van der Waals surface area contributed by atoms with Gasteiger partial charge in [-0.1, -0.05) is 48.5 Å². The van der Waals surface area contributed by atoms with Crippen LogP contribution in [-0.2, 0) is 14.4 Å². The monoisotopic (exact) mass is 554 g/mol. The summed E-state index contributed by atoms with van der Waals surface area (Å²) in [6.07, 6.45) is 0.904. The highest BCUT2D eigenvalue weighted by atomic mass is 16.5. The van der Waals surface area contributed by atoms with Gasteiger partial charge in [-0.25, -0.2) is 14.6 Å². The number of aliphatic hydroxyl groups is 1. The van der Waals surface area contributed by atoms with Crippen molar-refractivity contribution in [1.82, 2.24) is 9.97 Å². The van der Waals surface area contributed by atoms with E-state index in [0.717, 1.165) is 16.7 Å². The molecule has 4 rings (SSSR count). The van der Waals surface area contributed by atoms with Crippen molar-refractivity contribution in [3.05, 3.63) is 90.0 Å². The minimum absolute atomic E-state index is 0.0112. The van der Waals surface area contributed by atoms with Crippen molar-refractivity contribution >= 4 is 29.6 Å². The Bertz CT molecular complexity index is 1610. The number of carbonyl (C=O) groups is 3. The van der Waals surface area contributed by atoms with Gasteiger partial charge in [0.25, 0.3) is 0 Å². The molecule has 208 valence electrons. The molecule has 0 aliphatic carbocycles. The molecule has 4 aromatic rings. The van der Waals surface area contributed by atoms with E-state index in [1.807, 2.05) is 24.3 Å². The maximum absolute atomic E-state index is 11.1. The van der Waals surface area contributed by atoms with Crippen LogP contribution in [-0.4, -0.2) is 61.6 Å². The van der Waals surface area contributed by atoms with E-state index in [9.17, 15) is 19.5 Å². The number of imidazole rings is 1. The number of aliphatic hydroxyl groups excluding tert-OH is 1. The predicted molar refractivity (Wildman–Crippen MR) is 151 cm³/mol. The van der Waals surface area contributed by atoms with Crippen molar-refractivity contribution in [2.75, 3.05) is 6.61 Å². The first kappa shape index (κ1) is 28.5. The van der Waals surface area contributed by atoms with E-state index in [1.54, 1.807) is 54.6 Å². The van der Waals surface area contributed by atoms with Crippen molar-refractivity contribution < 1.29 is 34.4 Å². The highest BCUT2D eigenvalue weighted by molar-refractivity contribution is 6.00. The van der Waals surface area contributed by atoms with Gasteiger partial charge in [0, 0.05) is 34.9 Å². The van der Waals surface area contributed by atoms with Gasteiger partial charge < -0.3 is 36.2 Å². The molecule has 0 fully saturated rings. The Morgan fingerprint density at radius 2 is 1.54 bits per heavy atom. The normalized spacial score (nSPS) is 11.7. The number of carbonyl (C=O) groups excluding carboxylic acids is 1. The SMILES string of the molecule is N=C(CC(O)C(=O)O)c1ccc(-c2nc(-c3ccc(OCC(=O)O)cc3)c(-c3ccc(/C=C/C(N)=O)cc3)[nH]2)cc1. The number of primary amides is 1. The van der Waals surface area contributed by atoms with E-state index in [2.05, 4.69) is 4.98 Å². The van der Waals surface area contributed by atoms with E-state index >= 15 is 0 Å². The number of aromatic nitrogens is 2. The molecular formula is C30H26N4O7. The molecule has 0 saturated heterocycles. The molecule has 1 aromatic heterocycles. The number of carboxylic acid groups (broad SMARTS) is 2. The van der Waals surface area contributed by atoms with Gasteiger partial charge >= 0.3 is 11.9 Å². The molecule has 0 radical (unpaired) electrons. The molecule has 7 N–H and O–H groups in total. The van der Waals surface area contributed by atoms with Crippen LogP contribution in [0.5, 0.6) is 5.75 Å². The van der Waals surface area contributed by atoms with Crippen LogP contribution >= 0.6 is 0 Å². The molecule has 3 aromatic carbocycles. The third-order valence-corrected chi connectivity index (χ3v) is 6.02. The van der Waals surface area contributed by atoms with Crippen molar-refractivity contribution in [2.24, 2.45) is 5.73 Å². The molecule has 11 nitrogen and oxygen atoms in total. The van der Waals surface area contributed by atoms with Gasteiger partial charge in [0.1, 0.15) is 11.6 Å². The summed E-state index contributed by atoms with van der Waals surface area (Å²) in [6, 6.07) is 21.0. The lowest BCUT2D eigenvalue weighted by Gasteiger charge is -2.07. The summed E-state index contributed by atoms with van der Waals surface area (Å²) in [7, 11) is 0. The Morgan fingerprint density at radius 3 is 2.12 bits per heavy atom. The predicted octanol–water partition coefficient (Wildman–Crippen LogP) is 3.58. The molecule has 0 aliphatic rings. The number of aromatic amines is 1. The fourth-order valence-electron chi connectivity index (χ4n) is 3.95. The van der Waals surface area contributed by atoms with Crippen molar-refractivity contribution in [3.8, 4) is 39.7 Å². The van der Waals surface area contributed by atoms with Gasteiger partial charge in [0.05, 0.1) is 11.4 Å². The number of hydrogen-bond acceptors (Lipinski definition) is 7. The Morgan fingerprint density at radius 1 is 0.927 bits per heavy atom. The number of carboxylic acids is 2. The number of aliphatic carboxylic acids is 2. The van der Waals surface area contributed by atoms with Crippen LogP contribution in [0.4, 0.5) is 0 Å². The molecule has 11 heteroatoms. The molecule has 41 heavy (non-hydrogen) atoms. The zero-order chi connectivity index (χ0) is 29.5. The first-order valence-electron chi connectivity index (χ1n) is 12.3. The zero-order valence-electron chi connectivity index (χ0n) is 21.6. The summed E-state index contributed by atoms with van der Waals surface area (Å²) in [4.78, 5) is 41.0. The number of nitrogens with one attached hydrogen (secondary N) is 2. The Labute approximate surface area is 234 Å². The first-order chi connectivity index (χ1) is 19.6. The highest BCUT2D eigenvalue weighted by Crippen LogP contribution is 2.34. The smallest absolute Gasteiger partial charge is 0.341 e. The third-order valence-electron chi connectivity index (χ3n) is 6.02. The molecular weight excluding hydrogens is 528 g/mol. The van der Waals surface area contributed by atoms with E-state index in [0.29, 0.717) is 34.1 Å². The summed E-state index contributed by atoms with van der Waals surface area (Å²) >= 11 is 0. The van der Waals surface area contributed by atoms with Crippen LogP contribution in [0.1, 0.15) is 17.5 Å². The Hall–Kier alpha value is -5.55. The van der Waals surface area contributed by atoms with E-state index < -0.39 is 30.6 Å². The largest absolute Gasteiger partial charge is 0.482 e. The van der Waals surface area contributed by atoms with Gasteiger partial charge in [0.15, 0.2) is 12.7 Å². The van der Waals surface area contributed by atoms with E-state index in [-0.39, 0.29) is 12.1 Å². The standard InChI is InChI=1S/C30H26N4O7/c31-23(15-24(35)30(39)40)18-6-8-21(9-7-18)29-33-27(19-4-1-17(2-5-19)3-14-25(32)36)28(34-29)20-10-12-22(13-11-20)41-16-26(37)38/h1-14,24,31,35H,15-16H2,(H2,32,36)(H,33,34)(H,37,38)(H,39,40)/b14-3+,31-23?. The topological polar surface area (TPSA) is 200 Å². The quantitative estimate of drug-likeness (QED) is 0.113. The Kier molecular flexibility index (Phi) is 8.70. The van der Waals surface area contributed by atoms with Gasteiger partial charge in [0.2, 0.25) is 5.91 Å². The maximum Gasteiger partial charge on any atom is 0.341 e. The zero-order valence-corrected chi connectivity index (χ0v) is 21.6. The number of hydrogen-bond donors (Lipinski definition) is 6. The molecule has 1 atom stereocenters. The third kappa shape index (κ3) is 7.31. The van der Waals surface area contributed by atoms with Crippen molar-refractivity contribution in [2.45, 2.75) is 12.5 Å². The lowest BCUT2D eigenvalue weighted by atomic mass is 10.0. The maximum atomic E-state index is 11.1. The Balaban J connectivity index is 1.68. The number of benzene rings is 3. The molecule has 0 saturated carbocycles. The first-order valence-corrected chi connectivity index (χ1v) is 12.3.